The zero-order chi connectivity index (χ0) is 15.9. The van der Waals surface area contributed by atoms with Crippen LogP contribution in [0.2, 0.25) is 0 Å². The van der Waals surface area contributed by atoms with Gasteiger partial charge in [-0.3, -0.25) is 9.69 Å². The fraction of sp³-hybridized carbons (Fsp3) is 0.588. The molecule has 3 N–H and O–H groups in total. The van der Waals surface area contributed by atoms with E-state index in [2.05, 4.69) is 46.3 Å². The van der Waals surface area contributed by atoms with E-state index >= 15 is 0 Å². The van der Waals surface area contributed by atoms with Crippen LogP contribution in [0, 0.1) is 0 Å². The molecule has 1 heterocycles. The van der Waals surface area contributed by atoms with Crippen molar-refractivity contribution >= 4 is 5.91 Å². The van der Waals surface area contributed by atoms with E-state index in [9.17, 15) is 4.79 Å². The van der Waals surface area contributed by atoms with Crippen LogP contribution in [-0.2, 0) is 17.9 Å². The van der Waals surface area contributed by atoms with Crippen molar-refractivity contribution in [2.75, 3.05) is 32.7 Å². The van der Waals surface area contributed by atoms with Crippen LogP contribution in [-0.4, -0.2) is 54.5 Å². The molecule has 1 aliphatic rings. The van der Waals surface area contributed by atoms with Gasteiger partial charge in [0.05, 0.1) is 6.04 Å². The van der Waals surface area contributed by atoms with Crippen LogP contribution in [0.3, 0.4) is 0 Å². The number of nitrogens with one attached hydrogen (secondary N) is 1. The van der Waals surface area contributed by atoms with Crippen LogP contribution < -0.4 is 11.1 Å². The standard InChI is InChI=1S/C17H28N4O/c1-3-20-8-10-21(11-9-20)13-16-6-4-15(5-7-16)12-19-17(22)14(2)18/h4-7,14H,3,8-13,18H2,1-2H3,(H,19,22). The van der Waals surface area contributed by atoms with Crippen molar-refractivity contribution in [3.8, 4) is 0 Å². The predicted octanol–water partition coefficient (Wildman–Crippen LogP) is 0.788. The van der Waals surface area contributed by atoms with Gasteiger partial charge in [-0.1, -0.05) is 31.2 Å². The number of carbonyl (C=O) groups excluding carboxylic acids is 1. The van der Waals surface area contributed by atoms with Crippen molar-refractivity contribution in [1.82, 2.24) is 15.1 Å². The molecule has 0 saturated carbocycles. The number of likely N-dealkylation sites (N-methyl/N-ethyl adjacent to an activating group) is 1. The number of nitrogens with zero attached hydrogens (tertiary/aromatic N) is 2. The van der Waals surface area contributed by atoms with Crippen molar-refractivity contribution in [2.24, 2.45) is 5.73 Å². The first-order chi connectivity index (χ1) is 10.6. The van der Waals surface area contributed by atoms with Gasteiger partial charge < -0.3 is 16.0 Å². The lowest BCUT2D eigenvalue weighted by Gasteiger charge is -2.34. The maximum atomic E-state index is 11.5. The second-order valence-corrected chi connectivity index (χ2v) is 6.03. The van der Waals surface area contributed by atoms with Gasteiger partial charge in [0.1, 0.15) is 0 Å². The van der Waals surface area contributed by atoms with Gasteiger partial charge in [0.15, 0.2) is 0 Å². The Morgan fingerprint density at radius 3 is 2.23 bits per heavy atom. The van der Waals surface area contributed by atoms with Crippen LogP contribution in [0.15, 0.2) is 24.3 Å². The van der Waals surface area contributed by atoms with Gasteiger partial charge in [-0.2, -0.15) is 0 Å². The van der Waals surface area contributed by atoms with E-state index in [0.29, 0.717) is 6.54 Å². The lowest BCUT2D eigenvalue weighted by molar-refractivity contribution is -0.122. The van der Waals surface area contributed by atoms with E-state index in [1.54, 1.807) is 6.92 Å². The number of rotatable bonds is 6. The molecule has 0 aliphatic carbocycles. The molecule has 1 aromatic rings. The molecule has 1 amide bonds. The summed E-state index contributed by atoms with van der Waals surface area (Å²) in [4.78, 5) is 16.4. The van der Waals surface area contributed by atoms with Gasteiger partial charge in [-0.15, -0.1) is 0 Å². The maximum absolute atomic E-state index is 11.5. The highest BCUT2D eigenvalue weighted by Gasteiger charge is 2.15. The molecule has 0 bridgehead atoms. The summed E-state index contributed by atoms with van der Waals surface area (Å²) in [6.07, 6.45) is 0. The molecule has 0 radical (unpaired) electrons. The number of amides is 1. The Hall–Kier alpha value is -1.43. The van der Waals surface area contributed by atoms with Crippen molar-refractivity contribution in [1.29, 1.82) is 0 Å². The van der Waals surface area contributed by atoms with Crippen molar-refractivity contribution in [3.05, 3.63) is 35.4 Å². The van der Waals surface area contributed by atoms with Crippen molar-refractivity contribution in [3.63, 3.8) is 0 Å². The van der Waals surface area contributed by atoms with Crippen molar-refractivity contribution < 1.29 is 4.79 Å². The summed E-state index contributed by atoms with van der Waals surface area (Å²) in [5.41, 5.74) is 7.96. The average molecular weight is 304 g/mol. The highest BCUT2D eigenvalue weighted by molar-refractivity contribution is 5.80. The monoisotopic (exact) mass is 304 g/mol. The van der Waals surface area contributed by atoms with Gasteiger partial charge in [-0.05, 0) is 24.6 Å². The molecule has 1 unspecified atom stereocenters. The van der Waals surface area contributed by atoms with Gasteiger partial charge in [0, 0.05) is 39.3 Å². The Kier molecular flexibility index (Phi) is 6.36. The van der Waals surface area contributed by atoms with E-state index in [0.717, 1.165) is 44.8 Å². The van der Waals surface area contributed by atoms with Crippen LogP contribution >= 0.6 is 0 Å². The Morgan fingerprint density at radius 1 is 1.14 bits per heavy atom. The van der Waals surface area contributed by atoms with Crippen LogP contribution in [0.4, 0.5) is 0 Å². The Morgan fingerprint density at radius 2 is 1.68 bits per heavy atom. The lowest BCUT2D eigenvalue weighted by atomic mass is 10.1. The highest BCUT2D eigenvalue weighted by Crippen LogP contribution is 2.10. The molecule has 1 atom stereocenters. The predicted molar refractivity (Wildman–Crippen MR) is 89.3 cm³/mol. The Balaban J connectivity index is 1.78. The number of hydrogen-bond donors (Lipinski definition) is 2. The molecule has 1 saturated heterocycles. The maximum Gasteiger partial charge on any atom is 0.236 e. The molecular weight excluding hydrogens is 276 g/mol. The van der Waals surface area contributed by atoms with Crippen molar-refractivity contribution in [2.45, 2.75) is 33.0 Å². The first-order valence-electron chi connectivity index (χ1n) is 8.14. The molecule has 1 aromatic carbocycles. The Labute approximate surface area is 133 Å². The third-order valence-electron chi connectivity index (χ3n) is 4.22. The summed E-state index contributed by atoms with van der Waals surface area (Å²) in [6, 6.07) is 8.01. The highest BCUT2D eigenvalue weighted by atomic mass is 16.2. The fourth-order valence-corrected chi connectivity index (χ4v) is 2.63. The smallest absolute Gasteiger partial charge is 0.236 e. The summed E-state index contributed by atoms with van der Waals surface area (Å²) in [6.45, 7) is 11.2. The largest absolute Gasteiger partial charge is 0.351 e. The fourth-order valence-electron chi connectivity index (χ4n) is 2.63. The average Bonchev–Trinajstić information content (AvgIpc) is 2.54. The van der Waals surface area contributed by atoms with Gasteiger partial charge >= 0.3 is 0 Å². The third kappa shape index (κ3) is 5.09. The summed E-state index contributed by atoms with van der Waals surface area (Å²) in [5, 5.41) is 2.83. The quantitative estimate of drug-likeness (QED) is 0.816. The number of piperazine rings is 1. The topological polar surface area (TPSA) is 61.6 Å². The van der Waals surface area contributed by atoms with Gasteiger partial charge in [-0.25, -0.2) is 0 Å². The second kappa shape index (κ2) is 8.27. The Bertz CT molecular complexity index is 464. The molecular formula is C17H28N4O. The van der Waals surface area contributed by atoms with Crippen LogP contribution in [0.25, 0.3) is 0 Å². The molecule has 0 spiro atoms. The third-order valence-corrected chi connectivity index (χ3v) is 4.22. The number of nitrogens with two attached hydrogens (primary N) is 1. The van der Waals surface area contributed by atoms with Crippen LogP contribution in [0.5, 0.6) is 0 Å². The minimum Gasteiger partial charge on any atom is -0.351 e. The zero-order valence-corrected chi connectivity index (χ0v) is 13.7. The first kappa shape index (κ1) is 16.9. The molecule has 5 nitrogen and oxygen atoms in total. The minimum atomic E-state index is -0.457. The second-order valence-electron chi connectivity index (χ2n) is 6.03. The molecule has 0 aromatic heterocycles. The van der Waals surface area contributed by atoms with Crippen LogP contribution in [0.1, 0.15) is 25.0 Å². The number of carbonyl (C=O) groups is 1. The van der Waals surface area contributed by atoms with E-state index < -0.39 is 6.04 Å². The SMILES string of the molecule is CCN1CCN(Cc2ccc(CNC(=O)C(C)N)cc2)CC1. The molecule has 122 valence electrons. The number of hydrogen-bond acceptors (Lipinski definition) is 4. The zero-order valence-electron chi connectivity index (χ0n) is 13.7. The van der Waals surface area contributed by atoms with E-state index in [4.69, 9.17) is 5.73 Å². The van der Waals surface area contributed by atoms with Gasteiger partial charge in [0.25, 0.3) is 0 Å². The molecule has 22 heavy (non-hydrogen) atoms. The summed E-state index contributed by atoms with van der Waals surface area (Å²) < 4.78 is 0. The summed E-state index contributed by atoms with van der Waals surface area (Å²) in [5.74, 6) is -0.113. The summed E-state index contributed by atoms with van der Waals surface area (Å²) >= 11 is 0. The lowest BCUT2D eigenvalue weighted by Crippen LogP contribution is -2.45. The van der Waals surface area contributed by atoms with Gasteiger partial charge in [0.2, 0.25) is 5.91 Å². The van der Waals surface area contributed by atoms with E-state index in [1.165, 1.54) is 5.56 Å². The van der Waals surface area contributed by atoms with E-state index in [1.807, 2.05) is 0 Å². The number of benzene rings is 1. The molecule has 1 fully saturated rings. The molecule has 5 heteroatoms. The molecule has 2 rings (SSSR count). The normalized spacial score (nSPS) is 18.1. The molecule has 1 aliphatic heterocycles. The first-order valence-corrected chi connectivity index (χ1v) is 8.14. The van der Waals surface area contributed by atoms with E-state index in [-0.39, 0.29) is 5.91 Å². The summed E-state index contributed by atoms with van der Waals surface area (Å²) in [7, 11) is 0. The minimum absolute atomic E-state index is 0.113.